The Hall–Kier alpha value is -0.470. The summed E-state index contributed by atoms with van der Waals surface area (Å²) in [4.78, 5) is 1.36. The highest BCUT2D eigenvalue weighted by molar-refractivity contribution is 7.99. The van der Waals surface area contributed by atoms with Crippen molar-refractivity contribution in [3.05, 3.63) is 29.8 Å². The van der Waals surface area contributed by atoms with Crippen molar-refractivity contribution in [1.82, 2.24) is 0 Å². The Balaban J connectivity index is 1.91. The van der Waals surface area contributed by atoms with Gasteiger partial charge in [-0.2, -0.15) is 0 Å². The Bertz CT molecular complexity index is 362. The predicted molar refractivity (Wildman–Crippen MR) is 74.6 cm³/mol. The zero-order valence-electron chi connectivity index (χ0n) is 10.7. The molecule has 1 N–H and O–H groups in total. The second-order valence-electron chi connectivity index (χ2n) is 5.35. The van der Waals surface area contributed by atoms with Crippen molar-refractivity contribution < 1.29 is 5.11 Å². The van der Waals surface area contributed by atoms with Crippen LogP contribution in [-0.4, -0.2) is 17.0 Å². The SMILES string of the molecule is CC(C)CCCC(O)C1CSc2ccccc21. The van der Waals surface area contributed by atoms with Crippen molar-refractivity contribution in [3.8, 4) is 0 Å². The molecule has 0 saturated heterocycles. The maximum absolute atomic E-state index is 10.3. The van der Waals surface area contributed by atoms with Crippen LogP contribution >= 0.6 is 11.8 Å². The van der Waals surface area contributed by atoms with Crippen molar-refractivity contribution in [2.75, 3.05) is 5.75 Å². The smallest absolute Gasteiger partial charge is 0.0617 e. The third-order valence-electron chi connectivity index (χ3n) is 3.48. The van der Waals surface area contributed by atoms with Gasteiger partial charge in [0.15, 0.2) is 0 Å². The van der Waals surface area contributed by atoms with Gasteiger partial charge in [-0.1, -0.05) is 44.9 Å². The fourth-order valence-corrected chi connectivity index (χ4v) is 3.76. The molecule has 2 atom stereocenters. The van der Waals surface area contributed by atoms with E-state index in [0.717, 1.165) is 24.5 Å². The van der Waals surface area contributed by atoms with Gasteiger partial charge >= 0.3 is 0 Å². The molecule has 0 fully saturated rings. The highest BCUT2D eigenvalue weighted by Crippen LogP contribution is 2.41. The molecule has 94 valence electrons. The summed E-state index contributed by atoms with van der Waals surface area (Å²) in [5.74, 6) is 2.14. The normalized spacial score (nSPS) is 20.6. The average Bonchev–Trinajstić information content (AvgIpc) is 2.72. The molecule has 2 rings (SSSR count). The summed E-state index contributed by atoms with van der Waals surface area (Å²) >= 11 is 1.88. The maximum Gasteiger partial charge on any atom is 0.0617 e. The van der Waals surface area contributed by atoms with Crippen LogP contribution in [-0.2, 0) is 0 Å². The van der Waals surface area contributed by atoms with Gasteiger partial charge in [-0.3, -0.25) is 0 Å². The van der Waals surface area contributed by atoms with E-state index in [9.17, 15) is 5.11 Å². The molecule has 0 amide bonds. The van der Waals surface area contributed by atoms with Crippen LogP contribution in [0, 0.1) is 5.92 Å². The molecule has 2 unspecified atom stereocenters. The van der Waals surface area contributed by atoms with Crippen molar-refractivity contribution in [3.63, 3.8) is 0 Å². The second kappa shape index (κ2) is 5.92. The zero-order valence-corrected chi connectivity index (χ0v) is 11.5. The molecule has 2 heteroatoms. The molecule has 0 spiro atoms. The molecular weight excluding hydrogens is 228 g/mol. The molecule has 0 radical (unpaired) electrons. The molecule has 17 heavy (non-hydrogen) atoms. The minimum absolute atomic E-state index is 0.162. The second-order valence-corrected chi connectivity index (χ2v) is 6.41. The van der Waals surface area contributed by atoms with Gasteiger partial charge in [-0.25, -0.2) is 0 Å². The number of benzene rings is 1. The monoisotopic (exact) mass is 250 g/mol. The van der Waals surface area contributed by atoms with Crippen LogP contribution in [0.2, 0.25) is 0 Å². The average molecular weight is 250 g/mol. The van der Waals surface area contributed by atoms with Gasteiger partial charge in [0.1, 0.15) is 0 Å². The van der Waals surface area contributed by atoms with Gasteiger partial charge in [0.05, 0.1) is 6.10 Å². The quantitative estimate of drug-likeness (QED) is 0.850. The summed E-state index contributed by atoms with van der Waals surface area (Å²) in [5, 5.41) is 10.3. The Morgan fingerprint density at radius 3 is 2.82 bits per heavy atom. The minimum atomic E-state index is -0.162. The first kappa shape index (κ1) is 13.0. The predicted octanol–water partition coefficient (Wildman–Crippen LogP) is 4.06. The highest BCUT2D eigenvalue weighted by atomic mass is 32.2. The van der Waals surface area contributed by atoms with E-state index in [1.54, 1.807) is 0 Å². The van der Waals surface area contributed by atoms with E-state index >= 15 is 0 Å². The van der Waals surface area contributed by atoms with E-state index in [0.29, 0.717) is 5.92 Å². The Labute approximate surface area is 109 Å². The van der Waals surface area contributed by atoms with Gasteiger partial charge in [0.25, 0.3) is 0 Å². The van der Waals surface area contributed by atoms with Crippen molar-refractivity contribution in [2.45, 2.75) is 50.0 Å². The molecule has 0 aliphatic carbocycles. The number of aliphatic hydroxyl groups excluding tert-OH is 1. The first-order chi connectivity index (χ1) is 8.18. The largest absolute Gasteiger partial charge is 0.392 e. The van der Waals surface area contributed by atoms with Crippen LogP contribution < -0.4 is 0 Å². The van der Waals surface area contributed by atoms with Crippen LogP contribution in [0.4, 0.5) is 0 Å². The lowest BCUT2D eigenvalue weighted by Crippen LogP contribution is -2.18. The Morgan fingerprint density at radius 2 is 2.06 bits per heavy atom. The molecule has 1 aliphatic heterocycles. The first-order valence-electron chi connectivity index (χ1n) is 6.58. The van der Waals surface area contributed by atoms with E-state index in [4.69, 9.17) is 0 Å². The van der Waals surface area contributed by atoms with Gasteiger partial charge in [-0.05, 0) is 24.0 Å². The summed E-state index contributed by atoms with van der Waals surface area (Å²) in [6, 6.07) is 8.50. The topological polar surface area (TPSA) is 20.2 Å². The third kappa shape index (κ3) is 3.26. The Morgan fingerprint density at radius 1 is 1.29 bits per heavy atom. The molecule has 0 aromatic heterocycles. The summed E-state index contributed by atoms with van der Waals surface area (Å²) in [7, 11) is 0. The zero-order chi connectivity index (χ0) is 12.3. The number of aliphatic hydroxyl groups is 1. The van der Waals surface area contributed by atoms with E-state index in [-0.39, 0.29) is 6.10 Å². The number of hydrogen-bond acceptors (Lipinski definition) is 2. The molecule has 1 aromatic rings. The van der Waals surface area contributed by atoms with Crippen LogP contribution in [0.1, 0.15) is 44.6 Å². The fraction of sp³-hybridized carbons (Fsp3) is 0.600. The molecule has 1 heterocycles. The van der Waals surface area contributed by atoms with Gasteiger partial charge in [0.2, 0.25) is 0 Å². The van der Waals surface area contributed by atoms with Crippen LogP contribution in [0.5, 0.6) is 0 Å². The molecule has 0 bridgehead atoms. The lowest BCUT2D eigenvalue weighted by atomic mass is 9.91. The van der Waals surface area contributed by atoms with Crippen LogP contribution in [0.25, 0.3) is 0 Å². The molecule has 1 aromatic carbocycles. The van der Waals surface area contributed by atoms with Crippen molar-refractivity contribution in [1.29, 1.82) is 0 Å². The lowest BCUT2D eigenvalue weighted by molar-refractivity contribution is 0.137. The maximum atomic E-state index is 10.3. The number of thioether (sulfide) groups is 1. The lowest BCUT2D eigenvalue weighted by Gasteiger charge is -2.18. The first-order valence-corrected chi connectivity index (χ1v) is 7.57. The summed E-state index contributed by atoms with van der Waals surface area (Å²) in [6.45, 7) is 4.49. The van der Waals surface area contributed by atoms with E-state index in [1.165, 1.54) is 16.9 Å². The van der Waals surface area contributed by atoms with Crippen molar-refractivity contribution in [2.24, 2.45) is 5.92 Å². The fourth-order valence-electron chi connectivity index (χ4n) is 2.44. The van der Waals surface area contributed by atoms with Crippen molar-refractivity contribution >= 4 is 11.8 Å². The Kier molecular flexibility index (Phi) is 4.52. The highest BCUT2D eigenvalue weighted by Gasteiger charge is 2.28. The molecule has 1 nitrogen and oxygen atoms in total. The number of fused-ring (bicyclic) bond motifs is 1. The summed E-state index contributed by atoms with van der Waals surface area (Å²) < 4.78 is 0. The number of rotatable bonds is 5. The van der Waals surface area contributed by atoms with Gasteiger partial charge in [-0.15, -0.1) is 11.8 Å². The molecule has 1 aliphatic rings. The van der Waals surface area contributed by atoms with E-state index in [2.05, 4.69) is 38.1 Å². The molecular formula is C15H22OS. The van der Waals surface area contributed by atoms with E-state index < -0.39 is 0 Å². The number of hydrogen-bond donors (Lipinski definition) is 1. The van der Waals surface area contributed by atoms with Crippen LogP contribution in [0.3, 0.4) is 0 Å². The third-order valence-corrected chi connectivity index (χ3v) is 4.69. The molecule has 0 saturated carbocycles. The minimum Gasteiger partial charge on any atom is -0.392 e. The summed E-state index contributed by atoms with van der Waals surface area (Å²) in [6.07, 6.45) is 3.14. The summed E-state index contributed by atoms with van der Waals surface area (Å²) in [5.41, 5.74) is 1.36. The van der Waals surface area contributed by atoms with Crippen LogP contribution in [0.15, 0.2) is 29.2 Å². The van der Waals surface area contributed by atoms with E-state index in [1.807, 2.05) is 11.8 Å². The standard InChI is InChI=1S/C15H22OS/c1-11(2)6-5-8-14(16)13-10-17-15-9-4-3-7-12(13)15/h3-4,7,9,11,13-14,16H,5-6,8,10H2,1-2H3. The van der Waals surface area contributed by atoms with Gasteiger partial charge in [0, 0.05) is 16.6 Å². The van der Waals surface area contributed by atoms with Gasteiger partial charge < -0.3 is 5.11 Å².